The number of carbonyl (C=O) groups is 2. The van der Waals surface area contributed by atoms with Crippen molar-refractivity contribution in [3.05, 3.63) is 60.2 Å². The van der Waals surface area contributed by atoms with Gasteiger partial charge in [-0.05, 0) is 31.2 Å². The number of fused-ring (bicyclic) bond motifs is 1. The molecule has 0 spiro atoms. The first-order chi connectivity index (χ1) is 11.1. The Hall–Kier alpha value is -3.02. The number of carbonyl (C=O) groups excluding carboxylic acids is 2. The number of furan rings is 1. The lowest BCUT2D eigenvalue weighted by atomic mass is 10.2. The lowest BCUT2D eigenvalue weighted by molar-refractivity contribution is -0.122. The second kappa shape index (κ2) is 6.39. The first-order valence-electron chi connectivity index (χ1n) is 7.32. The van der Waals surface area contributed by atoms with Gasteiger partial charge in [0.2, 0.25) is 5.91 Å². The van der Waals surface area contributed by atoms with Crippen molar-refractivity contribution in [2.75, 3.05) is 0 Å². The normalized spacial score (nSPS) is 12.0. The zero-order valence-corrected chi connectivity index (χ0v) is 12.6. The molecule has 2 aromatic heterocycles. The highest BCUT2D eigenvalue weighted by Gasteiger charge is 2.17. The molecule has 2 amide bonds. The van der Waals surface area contributed by atoms with Gasteiger partial charge < -0.3 is 20.0 Å². The molecule has 0 aliphatic heterocycles. The molecule has 3 rings (SSSR count). The Balaban J connectivity index is 1.58. The molecule has 0 radical (unpaired) electrons. The summed E-state index contributed by atoms with van der Waals surface area (Å²) < 4.78 is 5.14. The Bertz CT molecular complexity index is 788. The summed E-state index contributed by atoms with van der Waals surface area (Å²) >= 11 is 0. The Labute approximate surface area is 132 Å². The third-order valence-corrected chi connectivity index (χ3v) is 3.53. The summed E-state index contributed by atoms with van der Waals surface area (Å²) in [5, 5.41) is 6.34. The van der Waals surface area contributed by atoms with E-state index in [-0.39, 0.29) is 11.8 Å². The third kappa shape index (κ3) is 3.42. The topological polar surface area (TPSA) is 87.1 Å². The number of nitrogens with one attached hydrogen (secondary N) is 3. The quantitative estimate of drug-likeness (QED) is 0.675. The fourth-order valence-electron chi connectivity index (χ4n) is 2.28. The highest BCUT2D eigenvalue weighted by molar-refractivity contribution is 6.00. The molecule has 1 aromatic carbocycles. The van der Waals surface area contributed by atoms with Crippen molar-refractivity contribution in [3.63, 3.8) is 0 Å². The van der Waals surface area contributed by atoms with Crippen LogP contribution in [0.2, 0.25) is 0 Å². The number of para-hydroxylation sites is 1. The van der Waals surface area contributed by atoms with Gasteiger partial charge in [-0.2, -0.15) is 0 Å². The van der Waals surface area contributed by atoms with Crippen LogP contribution in [0.4, 0.5) is 0 Å². The van der Waals surface area contributed by atoms with Gasteiger partial charge in [-0.15, -0.1) is 0 Å². The number of aromatic nitrogens is 1. The van der Waals surface area contributed by atoms with Gasteiger partial charge in [0.05, 0.1) is 12.8 Å². The molecule has 0 aliphatic carbocycles. The molecular weight excluding hydrogens is 294 g/mol. The fraction of sp³-hybridized carbons (Fsp3) is 0.176. The summed E-state index contributed by atoms with van der Waals surface area (Å²) in [6.07, 6.45) is 1.54. The van der Waals surface area contributed by atoms with Gasteiger partial charge in [-0.1, -0.05) is 18.2 Å². The van der Waals surface area contributed by atoms with E-state index in [1.165, 1.54) is 0 Å². The van der Waals surface area contributed by atoms with E-state index in [0.29, 0.717) is 18.0 Å². The summed E-state index contributed by atoms with van der Waals surface area (Å²) in [5.41, 5.74) is 1.31. The highest BCUT2D eigenvalue weighted by Crippen LogP contribution is 2.14. The van der Waals surface area contributed by atoms with Crippen molar-refractivity contribution < 1.29 is 14.0 Å². The van der Waals surface area contributed by atoms with Crippen LogP contribution >= 0.6 is 0 Å². The highest BCUT2D eigenvalue weighted by atomic mass is 16.3. The van der Waals surface area contributed by atoms with Gasteiger partial charge in [0.15, 0.2) is 0 Å². The van der Waals surface area contributed by atoms with Gasteiger partial charge in [0.1, 0.15) is 17.5 Å². The van der Waals surface area contributed by atoms with Crippen molar-refractivity contribution >= 4 is 22.7 Å². The SMILES string of the molecule is C[C@@H](NC(=O)c1cc2ccccc2[nH]1)C(=O)NCc1ccco1. The van der Waals surface area contributed by atoms with E-state index < -0.39 is 6.04 Å². The van der Waals surface area contributed by atoms with Crippen LogP contribution in [0.3, 0.4) is 0 Å². The first kappa shape index (κ1) is 14.9. The maximum atomic E-state index is 12.2. The largest absolute Gasteiger partial charge is 0.467 e. The number of aromatic amines is 1. The average molecular weight is 311 g/mol. The fourth-order valence-corrected chi connectivity index (χ4v) is 2.28. The molecular formula is C17H17N3O3. The van der Waals surface area contributed by atoms with E-state index in [1.807, 2.05) is 24.3 Å². The molecule has 6 nitrogen and oxygen atoms in total. The van der Waals surface area contributed by atoms with Crippen LogP contribution in [-0.2, 0) is 11.3 Å². The predicted octanol–water partition coefficient (Wildman–Crippen LogP) is 2.20. The first-order valence-corrected chi connectivity index (χ1v) is 7.32. The van der Waals surface area contributed by atoms with Crippen molar-refractivity contribution in [1.82, 2.24) is 15.6 Å². The van der Waals surface area contributed by atoms with Crippen molar-refractivity contribution in [2.24, 2.45) is 0 Å². The molecule has 0 aliphatic rings. The molecule has 118 valence electrons. The standard InChI is InChI=1S/C17H17N3O3/c1-11(16(21)18-10-13-6-4-8-23-13)19-17(22)15-9-12-5-2-3-7-14(12)20-15/h2-9,11,20H,10H2,1H3,(H,18,21)(H,19,22)/t11-/m1/s1. The number of H-pyrrole nitrogens is 1. The minimum Gasteiger partial charge on any atom is -0.467 e. The van der Waals surface area contributed by atoms with Crippen LogP contribution in [0, 0.1) is 0 Å². The van der Waals surface area contributed by atoms with Gasteiger partial charge >= 0.3 is 0 Å². The molecule has 3 N–H and O–H groups in total. The van der Waals surface area contributed by atoms with E-state index in [9.17, 15) is 9.59 Å². The number of benzene rings is 1. The lowest BCUT2D eigenvalue weighted by Gasteiger charge is -2.13. The van der Waals surface area contributed by atoms with Gasteiger partial charge in [-0.3, -0.25) is 9.59 Å². The molecule has 0 unspecified atom stereocenters. The second-order valence-electron chi connectivity index (χ2n) is 5.26. The Morgan fingerprint density at radius 1 is 1.22 bits per heavy atom. The maximum Gasteiger partial charge on any atom is 0.268 e. The van der Waals surface area contributed by atoms with Crippen molar-refractivity contribution in [2.45, 2.75) is 19.5 Å². The van der Waals surface area contributed by atoms with Crippen molar-refractivity contribution in [3.8, 4) is 0 Å². The zero-order chi connectivity index (χ0) is 16.2. The van der Waals surface area contributed by atoms with E-state index in [2.05, 4.69) is 15.6 Å². The molecule has 2 heterocycles. The molecule has 6 heteroatoms. The van der Waals surface area contributed by atoms with E-state index in [4.69, 9.17) is 4.42 Å². The summed E-state index contributed by atoms with van der Waals surface area (Å²) in [5.74, 6) is 0.0696. The smallest absolute Gasteiger partial charge is 0.268 e. The van der Waals surface area contributed by atoms with Gasteiger partial charge in [0.25, 0.3) is 5.91 Å². The lowest BCUT2D eigenvalue weighted by Crippen LogP contribution is -2.44. The molecule has 0 bridgehead atoms. The molecule has 0 saturated heterocycles. The zero-order valence-electron chi connectivity index (χ0n) is 12.6. The third-order valence-electron chi connectivity index (χ3n) is 3.53. The molecule has 0 fully saturated rings. The number of hydrogen-bond acceptors (Lipinski definition) is 3. The number of amides is 2. The minimum absolute atomic E-state index is 0.272. The summed E-state index contributed by atoms with van der Waals surface area (Å²) in [4.78, 5) is 27.3. The van der Waals surface area contributed by atoms with Gasteiger partial charge in [0, 0.05) is 10.9 Å². The number of rotatable bonds is 5. The Morgan fingerprint density at radius 2 is 2.04 bits per heavy atom. The van der Waals surface area contributed by atoms with E-state index in [1.54, 1.807) is 31.4 Å². The molecule has 23 heavy (non-hydrogen) atoms. The van der Waals surface area contributed by atoms with Crippen LogP contribution in [-0.4, -0.2) is 22.8 Å². The molecule has 1 atom stereocenters. The summed E-state index contributed by atoms with van der Waals surface area (Å²) in [7, 11) is 0. The minimum atomic E-state index is -0.649. The predicted molar refractivity (Wildman–Crippen MR) is 85.8 cm³/mol. The monoisotopic (exact) mass is 311 g/mol. The van der Waals surface area contributed by atoms with Gasteiger partial charge in [-0.25, -0.2) is 0 Å². The second-order valence-corrected chi connectivity index (χ2v) is 5.26. The summed E-state index contributed by atoms with van der Waals surface area (Å²) in [6, 6.07) is 12.2. The van der Waals surface area contributed by atoms with E-state index >= 15 is 0 Å². The van der Waals surface area contributed by atoms with Crippen LogP contribution < -0.4 is 10.6 Å². The number of hydrogen-bond donors (Lipinski definition) is 3. The van der Waals surface area contributed by atoms with Crippen LogP contribution in [0.25, 0.3) is 10.9 Å². The van der Waals surface area contributed by atoms with Crippen LogP contribution in [0.5, 0.6) is 0 Å². The van der Waals surface area contributed by atoms with E-state index in [0.717, 1.165) is 10.9 Å². The van der Waals surface area contributed by atoms with Crippen LogP contribution in [0.1, 0.15) is 23.2 Å². The molecule has 3 aromatic rings. The Kier molecular flexibility index (Phi) is 4.14. The average Bonchev–Trinajstić information content (AvgIpc) is 3.21. The van der Waals surface area contributed by atoms with Crippen LogP contribution in [0.15, 0.2) is 53.1 Å². The van der Waals surface area contributed by atoms with Crippen molar-refractivity contribution in [1.29, 1.82) is 0 Å². The Morgan fingerprint density at radius 3 is 2.78 bits per heavy atom. The summed E-state index contributed by atoms with van der Waals surface area (Å²) in [6.45, 7) is 1.93. The molecule has 0 saturated carbocycles. The maximum absolute atomic E-state index is 12.2.